The zero-order valence-electron chi connectivity index (χ0n) is 18.3. The van der Waals surface area contributed by atoms with E-state index in [9.17, 15) is 9.59 Å². The number of fused-ring (bicyclic) bond motifs is 1. The van der Waals surface area contributed by atoms with Crippen LogP contribution in [0.15, 0.2) is 36.4 Å². The number of aromatic nitrogens is 2. The maximum atomic E-state index is 12.0. The zero-order valence-corrected chi connectivity index (χ0v) is 19.1. The lowest BCUT2D eigenvalue weighted by Gasteiger charge is -2.18. The molecule has 0 unspecified atom stereocenters. The molecule has 8 nitrogen and oxygen atoms in total. The van der Waals surface area contributed by atoms with Crippen LogP contribution in [0.5, 0.6) is 5.75 Å². The number of hydrogen-bond acceptors (Lipinski definition) is 5. The van der Waals surface area contributed by atoms with Gasteiger partial charge in [-0.3, -0.25) is 9.69 Å². The normalized spacial score (nSPS) is 10.9. The number of anilines is 1. The van der Waals surface area contributed by atoms with Crippen LogP contribution >= 0.6 is 11.6 Å². The Morgan fingerprint density at radius 1 is 1.22 bits per heavy atom. The van der Waals surface area contributed by atoms with Crippen molar-refractivity contribution >= 4 is 40.4 Å². The summed E-state index contributed by atoms with van der Waals surface area (Å²) in [6, 6.07) is 11.0. The number of aliphatic carboxylic acids is 1. The van der Waals surface area contributed by atoms with E-state index >= 15 is 0 Å². The first-order valence-electron chi connectivity index (χ1n) is 10.3. The SMILES string of the molecule is CCOC(=O)N(C)c1ccc(Cn2c(C)nc3ccc(OCCCC(=O)O)cc32)c(Cl)c1. The van der Waals surface area contributed by atoms with Crippen molar-refractivity contribution in [1.29, 1.82) is 0 Å². The predicted molar refractivity (Wildman–Crippen MR) is 123 cm³/mol. The number of rotatable bonds is 9. The van der Waals surface area contributed by atoms with Crippen LogP contribution in [0, 0.1) is 6.92 Å². The Kier molecular flexibility index (Phi) is 7.58. The van der Waals surface area contributed by atoms with E-state index in [2.05, 4.69) is 4.98 Å². The van der Waals surface area contributed by atoms with Gasteiger partial charge in [0.1, 0.15) is 11.6 Å². The van der Waals surface area contributed by atoms with Crippen molar-refractivity contribution in [3.8, 4) is 5.75 Å². The summed E-state index contributed by atoms with van der Waals surface area (Å²) >= 11 is 6.53. The van der Waals surface area contributed by atoms with Crippen LogP contribution in [0.25, 0.3) is 11.0 Å². The Hall–Kier alpha value is -3.26. The Balaban J connectivity index is 1.80. The first kappa shape index (κ1) is 23.4. The van der Waals surface area contributed by atoms with E-state index in [-0.39, 0.29) is 6.42 Å². The molecule has 0 atom stereocenters. The number of aryl methyl sites for hydroxylation is 1. The number of amides is 1. The van der Waals surface area contributed by atoms with Gasteiger partial charge in [0.05, 0.1) is 30.8 Å². The summed E-state index contributed by atoms with van der Waals surface area (Å²) in [6.07, 6.45) is 0.0659. The van der Waals surface area contributed by atoms with Gasteiger partial charge in [0.25, 0.3) is 0 Å². The summed E-state index contributed by atoms with van der Waals surface area (Å²) in [5.74, 6) is 0.641. The number of imidazole rings is 1. The topological polar surface area (TPSA) is 93.9 Å². The van der Waals surface area contributed by atoms with Gasteiger partial charge in [0, 0.05) is 30.2 Å². The number of benzene rings is 2. The van der Waals surface area contributed by atoms with Crippen molar-refractivity contribution in [2.75, 3.05) is 25.2 Å². The Morgan fingerprint density at radius 3 is 2.69 bits per heavy atom. The number of ether oxygens (including phenoxy) is 2. The molecule has 1 aromatic heterocycles. The molecule has 0 fully saturated rings. The molecule has 0 aliphatic heterocycles. The Morgan fingerprint density at radius 2 is 2.00 bits per heavy atom. The summed E-state index contributed by atoms with van der Waals surface area (Å²) in [4.78, 5) is 28.6. The van der Waals surface area contributed by atoms with Crippen LogP contribution in [0.1, 0.15) is 31.2 Å². The molecular formula is C23H26ClN3O5. The minimum Gasteiger partial charge on any atom is -0.494 e. The fourth-order valence-corrected chi connectivity index (χ4v) is 3.53. The molecule has 2 aromatic carbocycles. The summed E-state index contributed by atoms with van der Waals surface area (Å²) in [5, 5.41) is 9.28. The van der Waals surface area contributed by atoms with Gasteiger partial charge in [0.15, 0.2) is 0 Å². The number of hydrogen-bond donors (Lipinski definition) is 1. The molecule has 0 bridgehead atoms. The maximum Gasteiger partial charge on any atom is 0.413 e. The van der Waals surface area contributed by atoms with Gasteiger partial charge in [-0.05, 0) is 50.1 Å². The van der Waals surface area contributed by atoms with Crippen molar-refractivity contribution in [3.05, 3.63) is 52.8 Å². The monoisotopic (exact) mass is 459 g/mol. The van der Waals surface area contributed by atoms with Gasteiger partial charge >= 0.3 is 12.1 Å². The molecule has 1 heterocycles. The number of carbonyl (C=O) groups is 2. The first-order chi connectivity index (χ1) is 15.3. The molecule has 0 aliphatic carbocycles. The van der Waals surface area contributed by atoms with E-state index in [0.29, 0.717) is 42.6 Å². The molecule has 1 amide bonds. The fraction of sp³-hybridized carbons (Fsp3) is 0.348. The number of carbonyl (C=O) groups excluding carboxylic acids is 1. The molecule has 170 valence electrons. The average molecular weight is 460 g/mol. The minimum atomic E-state index is -0.839. The second-order valence-corrected chi connectivity index (χ2v) is 7.68. The van der Waals surface area contributed by atoms with Crippen molar-refractivity contribution in [2.45, 2.75) is 33.2 Å². The molecule has 0 spiro atoms. The minimum absolute atomic E-state index is 0.0686. The van der Waals surface area contributed by atoms with Crippen molar-refractivity contribution in [3.63, 3.8) is 0 Å². The van der Waals surface area contributed by atoms with E-state index in [1.54, 1.807) is 20.0 Å². The molecule has 0 saturated heterocycles. The lowest BCUT2D eigenvalue weighted by molar-refractivity contribution is -0.137. The van der Waals surface area contributed by atoms with Crippen molar-refractivity contribution < 1.29 is 24.2 Å². The van der Waals surface area contributed by atoms with E-state index in [4.69, 9.17) is 26.2 Å². The summed E-state index contributed by atoms with van der Waals surface area (Å²) in [6.45, 7) is 4.79. The molecule has 9 heteroatoms. The lowest BCUT2D eigenvalue weighted by atomic mass is 10.2. The number of nitrogens with zero attached hydrogens (tertiary/aromatic N) is 3. The van der Waals surface area contributed by atoms with Crippen LogP contribution in [0.3, 0.4) is 0 Å². The third-order valence-electron chi connectivity index (χ3n) is 5.01. The average Bonchev–Trinajstić information content (AvgIpc) is 3.06. The van der Waals surface area contributed by atoms with E-state index in [1.165, 1.54) is 4.90 Å². The zero-order chi connectivity index (χ0) is 23.3. The molecular weight excluding hydrogens is 434 g/mol. The number of carboxylic acid groups (broad SMARTS) is 1. The molecule has 32 heavy (non-hydrogen) atoms. The molecule has 3 aromatic rings. The molecule has 0 radical (unpaired) electrons. The van der Waals surface area contributed by atoms with Crippen LogP contribution in [-0.4, -0.2) is 47.0 Å². The maximum absolute atomic E-state index is 12.0. The van der Waals surface area contributed by atoms with Gasteiger partial charge in [0.2, 0.25) is 0 Å². The van der Waals surface area contributed by atoms with Gasteiger partial charge in [-0.2, -0.15) is 0 Å². The molecule has 1 N–H and O–H groups in total. The highest BCUT2D eigenvalue weighted by atomic mass is 35.5. The smallest absolute Gasteiger partial charge is 0.413 e. The van der Waals surface area contributed by atoms with Crippen LogP contribution in [-0.2, 0) is 16.1 Å². The highest BCUT2D eigenvalue weighted by Gasteiger charge is 2.15. The highest BCUT2D eigenvalue weighted by Crippen LogP contribution is 2.28. The fourth-order valence-electron chi connectivity index (χ4n) is 3.29. The Bertz CT molecular complexity index is 1130. The lowest BCUT2D eigenvalue weighted by Crippen LogP contribution is -2.27. The molecule has 0 aliphatic rings. The molecule has 3 rings (SSSR count). The third kappa shape index (κ3) is 5.50. The first-order valence-corrected chi connectivity index (χ1v) is 10.7. The summed E-state index contributed by atoms with van der Waals surface area (Å²) in [7, 11) is 1.63. The number of halogens is 1. The predicted octanol–water partition coefficient (Wildman–Crippen LogP) is 4.88. The Labute approximate surface area is 191 Å². The third-order valence-corrected chi connectivity index (χ3v) is 5.36. The quantitative estimate of drug-likeness (QED) is 0.458. The number of carboxylic acids is 1. The summed E-state index contributed by atoms with van der Waals surface area (Å²) in [5.41, 5.74) is 3.24. The van der Waals surface area contributed by atoms with Gasteiger partial charge in [-0.25, -0.2) is 9.78 Å². The van der Waals surface area contributed by atoms with Gasteiger partial charge in [-0.1, -0.05) is 17.7 Å². The van der Waals surface area contributed by atoms with E-state index in [1.807, 2.05) is 41.8 Å². The van der Waals surface area contributed by atoms with E-state index < -0.39 is 12.1 Å². The van der Waals surface area contributed by atoms with Crippen LogP contribution < -0.4 is 9.64 Å². The summed E-state index contributed by atoms with van der Waals surface area (Å²) < 4.78 is 12.8. The van der Waals surface area contributed by atoms with Gasteiger partial charge in [-0.15, -0.1) is 0 Å². The van der Waals surface area contributed by atoms with Crippen LogP contribution in [0.4, 0.5) is 10.5 Å². The van der Waals surface area contributed by atoms with E-state index in [0.717, 1.165) is 22.4 Å². The largest absolute Gasteiger partial charge is 0.494 e. The molecule has 0 saturated carbocycles. The van der Waals surface area contributed by atoms with Crippen LogP contribution in [0.2, 0.25) is 5.02 Å². The second kappa shape index (κ2) is 10.4. The second-order valence-electron chi connectivity index (χ2n) is 7.28. The van der Waals surface area contributed by atoms with Gasteiger partial charge < -0.3 is 19.1 Å². The standard InChI is InChI=1S/C23H26ClN3O5/c1-4-31-23(30)26(3)17-8-7-16(19(24)12-17)14-27-15(2)25-20-10-9-18(13-21(20)27)32-11-5-6-22(28)29/h7-10,12-13H,4-6,11,14H2,1-3H3,(H,28,29). The van der Waals surface area contributed by atoms with Crippen molar-refractivity contribution in [2.24, 2.45) is 0 Å². The highest BCUT2D eigenvalue weighted by molar-refractivity contribution is 6.31. The van der Waals surface area contributed by atoms with Crippen molar-refractivity contribution in [1.82, 2.24) is 9.55 Å².